The van der Waals surface area contributed by atoms with Crippen LogP contribution in [0.3, 0.4) is 0 Å². The van der Waals surface area contributed by atoms with E-state index in [-0.39, 0.29) is 10.0 Å². The van der Waals surface area contributed by atoms with Gasteiger partial charge in [-0.2, -0.15) is 5.10 Å². The molecule has 0 atom stereocenters. The Bertz CT molecular complexity index is 578. The molecule has 0 fully saturated rings. The van der Waals surface area contributed by atoms with Crippen LogP contribution in [-0.2, 0) is 7.05 Å². The monoisotopic (exact) mass is 301 g/mol. The van der Waals surface area contributed by atoms with Crippen molar-refractivity contribution >= 4 is 21.7 Å². The minimum absolute atomic E-state index is 0.0343. The van der Waals surface area contributed by atoms with Gasteiger partial charge in [0.05, 0.1) is 10.2 Å². The third kappa shape index (κ3) is 1.82. The molecule has 0 saturated heterocycles. The van der Waals surface area contributed by atoms with E-state index in [0.717, 1.165) is 0 Å². The molecule has 17 heavy (non-hydrogen) atoms. The van der Waals surface area contributed by atoms with E-state index in [2.05, 4.69) is 21.0 Å². The molecule has 1 heterocycles. The van der Waals surface area contributed by atoms with E-state index in [0.29, 0.717) is 11.5 Å². The van der Waals surface area contributed by atoms with Gasteiger partial charge in [-0.25, -0.2) is 4.39 Å². The van der Waals surface area contributed by atoms with E-state index in [4.69, 9.17) is 5.73 Å². The largest absolute Gasteiger partial charge is 0.504 e. The second kappa shape index (κ2) is 3.92. The number of hydrogen-bond acceptors (Lipinski definition) is 4. The van der Waals surface area contributed by atoms with Crippen LogP contribution in [-0.4, -0.2) is 20.0 Å². The Balaban J connectivity index is 2.68. The molecule has 7 heteroatoms. The number of aryl methyl sites for hydroxylation is 1. The van der Waals surface area contributed by atoms with Gasteiger partial charge in [-0.1, -0.05) is 0 Å². The molecule has 1 aromatic heterocycles. The van der Waals surface area contributed by atoms with Gasteiger partial charge in [0.15, 0.2) is 17.3 Å². The number of phenols is 2. The number of aromatic nitrogens is 2. The molecule has 0 unspecified atom stereocenters. The maximum absolute atomic E-state index is 13.3. The van der Waals surface area contributed by atoms with Crippen molar-refractivity contribution < 1.29 is 14.6 Å². The van der Waals surface area contributed by atoms with Crippen molar-refractivity contribution in [2.75, 3.05) is 5.73 Å². The quantitative estimate of drug-likeness (QED) is 0.703. The topological polar surface area (TPSA) is 84.3 Å². The molecule has 4 N–H and O–H groups in total. The number of aromatic hydroxyl groups is 2. The molecule has 5 nitrogen and oxygen atoms in total. The van der Waals surface area contributed by atoms with Crippen LogP contribution in [0.2, 0.25) is 0 Å². The number of nitrogens with zero attached hydrogens (tertiary/aromatic N) is 2. The van der Waals surface area contributed by atoms with Crippen molar-refractivity contribution in [3.8, 4) is 22.8 Å². The Morgan fingerprint density at radius 2 is 2.00 bits per heavy atom. The van der Waals surface area contributed by atoms with Gasteiger partial charge in [-0.05, 0) is 22.0 Å². The average molecular weight is 302 g/mol. The first kappa shape index (κ1) is 11.7. The van der Waals surface area contributed by atoms with Crippen LogP contribution in [0, 0.1) is 5.82 Å². The third-order valence-electron chi connectivity index (χ3n) is 2.36. The highest BCUT2D eigenvalue weighted by Gasteiger charge is 2.19. The van der Waals surface area contributed by atoms with E-state index in [1.165, 1.54) is 16.8 Å². The molecule has 0 bridgehead atoms. The van der Waals surface area contributed by atoms with Crippen molar-refractivity contribution in [3.63, 3.8) is 0 Å². The van der Waals surface area contributed by atoms with Gasteiger partial charge < -0.3 is 15.9 Å². The van der Waals surface area contributed by atoms with Crippen LogP contribution in [0.5, 0.6) is 11.5 Å². The predicted molar refractivity (Wildman–Crippen MR) is 64.0 cm³/mol. The highest BCUT2D eigenvalue weighted by molar-refractivity contribution is 9.10. The molecule has 1 aromatic carbocycles. The highest BCUT2D eigenvalue weighted by atomic mass is 79.9. The van der Waals surface area contributed by atoms with Gasteiger partial charge in [0, 0.05) is 18.7 Å². The summed E-state index contributed by atoms with van der Waals surface area (Å²) in [7, 11) is 1.63. The Hall–Kier alpha value is -1.76. The summed E-state index contributed by atoms with van der Waals surface area (Å²) in [5, 5.41) is 23.1. The second-order valence-corrected chi connectivity index (χ2v) is 4.35. The lowest BCUT2D eigenvalue weighted by Gasteiger charge is -2.06. The zero-order chi connectivity index (χ0) is 12.7. The van der Waals surface area contributed by atoms with E-state index >= 15 is 0 Å². The first-order valence-electron chi connectivity index (χ1n) is 4.61. The number of benzene rings is 1. The van der Waals surface area contributed by atoms with E-state index < -0.39 is 17.3 Å². The molecule has 0 radical (unpaired) electrons. The van der Waals surface area contributed by atoms with E-state index in [1.54, 1.807) is 7.05 Å². The summed E-state index contributed by atoms with van der Waals surface area (Å²) in [4.78, 5) is 0. The molecular weight excluding hydrogens is 293 g/mol. The second-order valence-electron chi connectivity index (χ2n) is 3.50. The normalized spacial score (nSPS) is 10.8. The number of nitrogens with two attached hydrogens (primary N) is 1. The van der Waals surface area contributed by atoms with Crippen LogP contribution in [0.4, 0.5) is 10.2 Å². The zero-order valence-electron chi connectivity index (χ0n) is 8.78. The van der Waals surface area contributed by atoms with Crippen molar-refractivity contribution in [1.29, 1.82) is 0 Å². The first-order valence-corrected chi connectivity index (χ1v) is 5.41. The fraction of sp³-hybridized carbons (Fsp3) is 0.100. The van der Waals surface area contributed by atoms with Crippen molar-refractivity contribution in [2.45, 2.75) is 0 Å². The fourth-order valence-electron chi connectivity index (χ4n) is 1.41. The minimum atomic E-state index is -0.921. The molecular formula is C10H9BrFN3O2. The van der Waals surface area contributed by atoms with Crippen molar-refractivity contribution in [2.24, 2.45) is 7.05 Å². The lowest BCUT2D eigenvalue weighted by atomic mass is 10.1. The Kier molecular flexibility index (Phi) is 2.70. The molecule has 90 valence electrons. The van der Waals surface area contributed by atoms with Crippen LogP contribution < -0.4 is 5.73 Å². The molecule has 0 amide bonds. The van der Waals surface area contributed by atoms with E-state index in [1.807, 2.05) is 0 Å². The number of hydrogen-bond donors (Lipinski definition) is 3. The van der Waals surface area contributed by atoms with Crippen LogP contribution in [0.15, 0.2) is 16.6 Å². The highest BCUT2D eigenvalue weighted by Crippen LogP contribution is 2.41. The lowest BCUT2D eigenvalue weighted by molar-refractivity contribution is 0.379. The van der Waals surface area contributed by atoms with Crippen molar-refractivity contribution in [1.82, 2.24) is 9.78 Å². The van der Waals surface area contributed by atoms with Crippen LogP contribution in [0.25, 0.3) is 11.3 Å². The summed E-state index contributed by atoms with van der Waals surface area (Å²) in [6.07, 6.45) is 0. The Labute approximate surface area is 104 Å². The summed E-state index contributed by atoms with van der Waals surface area (Å²) < 4.78 is 14.7. The molecule has 0 aliphatic carbocycles. The maximum atomic E-state index is 13.3. The molecule has 0 saturated carbocycles. The number of rotatable bonds is 1. The lowest BCUT2D eigenvalue weighted by Crippen LogP contribution is -1.96. The third-order valence-corrected chi connectivity index (χ3v) is 2.94. The van der Waals surface area contributed by atoms with Gasteiger partial charge in [-0.3, -0.25) is 4.68 Å². The summed E-state index contributed by atoms with van der Waals surface area (Å²) in [6, 6.07) is 2.84. The molecule has 0 spiro atoms. The fourth-order valence-corrected chi connectivity index (χ4v) is 1.83. The molecule has 0 aliphatic heterocycles. The molecule has 0 aliphatic rings. The number of nitrogen functional groups attached to an aromatic ring is 1. The van der Waals surface area contributed by atoms with Crippen molar-refractivity contribution in [3.05, 3.63) is 22.4 Å². The standard InChI is InChI=1S/C10H9BrFN3O2/c1-15-7(13)3-6(14-15)4-2-5(11)8(12)10(17)9(4)16/h2-3,16-17H,13H2,1H3. The zero-order valence-corrected chi connectivity index (χ0v) is 10.4. The molecule has 2 rings (SSSR count). The maximum Gasteiger partial charge on any atom is 0.195 e. The van der Waals surface area contributed by atoms with Gasteiger partial charge in [0.1, 0.15) is 5.82 Å². The smallest absolute Gasteiger partial charge is 0.195 e. The summed E-state index contributed by atoms with van der Waals surface area (Å²) in [6.45, 7) is 0. The van der Waals surface area contributed by atoms with Crippen LogP contribution >= 0.6 is 15.9 Å². The number of phenolic OH excluding ortho intramolecular Hbond substituents is 2. The van der Waals surface area contributed by atoms with Gasteiger partial charge in [0.25, 0.3) is 0 Å². The van der Waals surface area contributed by atoms with E-state index in [9.17, 15) is 14.6 Å². The summed E-state index contributed by atoms with van der Waals surface area (Å²) >= 11 is 2.94. The summed E-state index contributed by atoms with van der Waals surface area (Å²) in [5.41, 5.74) is 6.15. The van der Waals surface area contributed by atoms with Gasteiger partial charge in [-0.15, -0.1) is 0 Å². The predicted octanol–water partition coefficient (Wildman–Crippen LogP) is 1.98. The van der Waals surface area contributed by atoms with Crippen LogP contribution in [0.1, 0.15) is 0 Å². The Morgan fingerprint density at radius 1 is 1.35 bits per heavy atom. The molecule has 2 aromatic rings. The van der Waals surface area contributed by atoms with Gasteiger partial charge in [0.2, 0.25) is 0 Å². The Morgan fingerprint density at radius 3 is 2.53 bits per heavy atom. The minimum Gasteiger partial charge on any atom is -0.504 e. The summed E-state index contributed by atoms with van der Waals surface area (Å²) in [5.74, 6) is -1.92. The number of anilines is 1. The number of halogens is 2. The van der Waals surface area contributed by atoms with Gasteiger partial charge >= 0.3 is 0 Å². The average Bonchev–Trinajstić information content (AvgIpc) is 2.61. The first-order chi connectivity index (χ1) is 7.91. The SMILES string of the molecule is Cn1nc(-c2cc(Br)c(F)c(O)c2O)cc1N.